The molecule has 2 N–H and O–H groups in total. The normalized spacial score (nSPS) is 10.3. The molecule has 0 unspecified atom stereocenters. The van der Waals surface area contributed by atoms with E-state index in [2.05, 4.69) is 0 Å². The topological polar surface area (TPSA) is 55.6 Å². The van der Waals surface area contributed by atoms with Gasteiger partial charge < -0.3 is 15.4 Å². The predicted molar refractivity (Wildman–Crippen MR) is 82.5 cm³/mol. The van der Waals surface area contributed by atoms with Crippen LogP contribution in [-0.4, -0.2) is 25.0 Å². The van der Waals surface area contributed by atoms with Crippen molar-refractivity contribution in [2.24, 2.45) is 0 Å². The molecule has 1 amide bonds. The molecule has 0 spiro atoms. The lowest BCUT2D eigenvalue weighted by Gasteiger charge is -2.19. The summed E-state index contributed by atoms with van der Waals surface area (Å²) in [4.78, 5) is 15.1. The van der Waals surface area contributed by atoms with Crippen molar-refractivity contribution in [1.29, 1.82) is 0 Å². The fourth-order valence-corrected chi connectivity index (χ4v) is 3.02. The number of hydrogen-bond acceptors (Lipinski definition) is 4. The fraction of sp³-hybridized carbons (Fsp3) is 0.214. The van der Waals surface area contributed by atoms with Crippen molar-refractivity contribution < 1.29 is 9.53 Å². The molecular weight excluding hydrogens is 296 g/mol. The van der Waals surface area contributed by atoms with E-state index in [4.69, 9.17) is 22.1 Å². The molecule has 6 heteroatoms. The Morgan fingerprint density at radius 1 is 1.40 bits per heavy atom. The fourth-order valence-electron chi connectivity index (χ4n) is 1.88. The van der Waals surface area contributed by atoms with Crippen molar-refractivity contribution in [3.8, 4) is 5.75 Å². The molecule has 0 saturated carbocycles. The minimum absolute atomic E-state index is 0.176. The van der Waals surface area contributed by atoms with Crippen LogP contribution >= 0.6 is 22.9 Å². The average Bonchev–Trinajstić information content (AvgIpc) is 2.82. The first-order valence-electron chi connectivity index (χ1n) is 5.95. The molecule has 0 fully saturated rings. The van der Waals surface area contributed by atoms with Gasteiger partial charge in [-0.1, -0.05) is 17.7 Å². The summed E-state index contributed by atoms with van der Waals surface area (Å²) in [5.74, 6) is 0.301. The van der Waals surface area contributed by atoms with E-state index in [1.54, 1.807) is 30.1 Å². The molecule has 0 aliphatic heterocycles. The largest absolute Gasteiger partial charge is 0.496 e. The number of nitrogens with zero attached hydrogens (tertiary/aromatic N) is 1. The van der Waals surface area contributed by atoms with Crippen LogP contribution in [0.2, 0.25) is 4.34 Å². The van der Waals surface area contributed by atoms with E-state index in [-0.39, 0.29) is 5.91 Å². The van der Waals surface area contributed by atoms with Crippen molar-refractivity contribution in [3.05, 3.63) is 45.1 Å². The van der Waals surface area contributed by atoms with Gasteiger partial charge in [-0.3, -0.25) is 4.79 Å². The highest BCUT2D eigenvalue weighted by Gasteiger charge is 2.20. The first-order valence-corrected chi connectivity index (χ1v) is 7.14. The van der Waals surface area contributed by atoms with Crippen molar-refractivity contribution in [1.82, 2.24) is 4.90 Å². The van der Waals surface area contributed by atoms with Crippen LogP contribution in [0, 0.1) is 0 Å². The molecule has 0 atom stereocenters. The molecule has 20 heavy (non-hydrogen) atoms. The lowest BCUT2D eigenvalue weighted by atomic mass is 10.1. The van der Waals surface area contributed by atoms with E-state index < -0.39 is 0 Å². The Morgan fingerprint density at radius 2 is 2.15 bits per heavy atom. The van der Waals surface area contributed by atoms with Gasteiger partial charge in [-0.2, -0.15) is 0 Å². The highest BCUT2D eigenvalue weighted by molar-refractivity contribution is 7.16. The number of nitrogen functional groups attached to an aromatic ring is 1. The maximum Gasteiger partial charge on any atom is 0.259 e. The maximum atomic E-state index is 12.5. The second-order valence-electron chi connectivity index (χ2n) is 4.29. The molecule has 4 nitrogen and oxygen atoms in total. The van der Waals surface area contributed by atoms with E-state index in [0.29, 0.717) is 27.9 Å². The molecule has 2 rings (SSSR count). The highest BCUT2D eigenvalue weighted by Crippen LogP contribution is 2.27. The molecule has 1 aromatic carbocycles. The van der Waals surface area contributed by atoms with Crippen molar-refractivity contribution in [2.45, 2.75) is 6.54 Å². The molecule has 0 saturated heterocycles. The third-order valence-electron chi connectivity index (χ3n) is 2.86. The van der Waals surface area contributed by atoms with Crippen LogP contribution in [-0.2, 0) is 6.54 Å². The molecule has 0 aliphatic rings. The molecule has 1 aromatic heterocycles. The number of carbonyl (C=O) groups is 1. The van der Waals surface area contributed by atoms with Gasteiger partial charge in [0, 0.05) is 17.6 Å². The van der Waals surface area contributed by atoms with E-state index in [0.717, 1.165) is 4.88 Å². The maximum absolute atomic E-state index is 12.5. The van der Waals surface area contributed by atoms with Crippen molar-refractivity contribution in [2.75, 3.05) is 19.9 Å². The van der Waals surface area contributed by atoms with Crippen LogP contribution < -0.4 is 10.5 Å². The second kappa shape index (κ2) is 6.15. The van der Waals surface area contributed by atoms with E-state index in [1.165, 1.54) is 18.4 Å². The summed E-state index contributed by atoms with van der Waals surface area (Å²) in [6.45, 7) is 0.480. The average molecular weight is 311 g/mol. The van der Waals surface area contributed by atoms with Gasteiger partial charge in [0.25, 0.3) is 5.91 Å². The molecule has 1 heterocycles. The quantitative estimate of drug-likeness (QED) is 0.882. The van der Waals surface area contributed by atoms with Crippen LogP contribution in [0.1, 0.15) is 15.2 Å². The zero-order valence-corrected chi connectivity index (χ0v) is 12.8. The summed E-state index contributed by atoms with van der Waals surface area (Å²) in [5.41, 5.74) is 6.68. The third kappa shape index (κ3) is 3.05. The Kier molecular flexibility index (Phi) is 4.52. The van der Waals surface area contributed by atoms with Crippen LogP contribution in [0.25, 0.3) is 0 Å². The number of amides is 1. The number of nitrogens with two attached hydrogens (primary N) is 1. The van der Waals surface area contributed by atoms with Crippen LogP contribution in [0.5, 0.6) is 5.75 Å². The number of methoxy groups -OCH3 is 1. The summed E-state index contributed by atoms with van der Waals surface area (Å²) in [5, 5.41) is 0. The minimum Gasteiger partial charge on any atom is -0.496 e. The van der Waals surface area contributed by atoms with E-state index in [1.807, 2.05) is 12.1 Å². The first kappa shape index (κ1) is 14.7. The second-order valence-corrected chi connectivity index (χ2v) is 6.09. The number of hydrogen-bond donors (Lipinski definition) is 1. The summed E-state index contributed by atoms with van der Waals surface area (Å²) < 4.78 is 5.91. The van der Waals surface area contributed by atoms with Crippen molar-refractivity contribution in [3.63, 3.8) is 0 Å². The zero-order chi connectivity index (χ0) is 14.7. The van der Waals surface area contributed by atoms with Crippen LogP contribution in [0.15, 0.2) is 30.3 Å². The number of carbonyl (C=O) groups excluding carboxylic acids is 1. The number of halogens is 1. The molecule has 0 radical (unpaired) electrons. The smallest absolute Gasteiger partial charge is 0.259 e. The Bertz CT molecular complexity index is 627. The minimum atomic E-state index is -0.176. The van der Waals surface area contributed by atoms with Crippen LogP contribution in [0.4, 0.5) is 5.69 Å². The van der Waals surface area contributed by atoms with Gasteiger partial charge in [0.2, 0.25) is 0 Å². The monoisotopic (exact) mass is 310 g/mol. The van der Waals surface area contributed by atoms with Crippen molar-refractivity contribution >= 4 is 34.5 Å². The molecular formula is C14H15ClN2O2S. The van der Waals surface area contributed by atoms with Gasteiger partial charge in [-0.05, 0) is 24.3 Å². The standard InChI is InChI=1S/C14H15ClN2O2S/c1-17(8-9-6-7-12(15)20-9)14(18)13-10(16)4-3-5-11(13)19-2/h3-7H,8,16H2,1-2H3. The highest BCUT2D eigenvalue weighted by atomic mass is 35.5. The first-order chi connectivity index (χ1) is 9.52. The summed E-state index contributed by atoms with van der Waals surface area (Å²) in [6, 6.07) is 8.88. The molecule has 2 aromatic rings. The Balaban J connectivity index is 2.22. The van der Waals surface area contributed by atoms with Crippen LogP contribution in [0.3, 0.4) is 0 Å². The number of ether oxygens (including phenoxy) is 1. The molecule has 106 valence electrons. The summed E-state index contributed by atoms with van der Waals surface area (Å²) in [6.07, 6.45) is 0. The summed E-state index contributed by atoms with van der Waals surface area (Å²) >= 11 is 7.34. The van der Waals surface area contributed by atoms with E-state index >= 15 is 0 Å². The third-order valence-corrected chi connectivity index (χ3v) is 4.08. The zero-order valence-electron chi connectivity index (χ0n) is 11.2. The number of rotatable bonds is 4. The lowest BCUT2D eigenvalue weighted by molar-refractivity contribution is 0.0784. The summed E-state index contributed by atoms with van der Waals surface area (Å²) in [7, 11) is 3.24. The van der Waals surface area contributed by atoms with Gasteiger partial charge >= 0.3 is 0 Å². The number of anilines is 1. The predicted octanol–water partition coefficient (Wildman–Crippen LogP) is 3.26. The Labute approximate surface area is 126 Å². The van der Waals surface area contributed by atoms with Gasteiger partial charge in [-0.25, -0.2) is 0 Å². The van der Waals surface area contributed by atoms with E-state index in [9.17, 15) is 4.79 Å². The van der Waals surface area contributed by atoms with Gasteiger partial charge in [0.05, 0.1) is 18.0 Å². The molecule has 0 aliphatic carbocycles. The van der Waals surface area contributed by atoms with Gasteiger partial charge in [0.1, 0.15) is 11.3 Å². The lowest BCUT2D eigenvalue weighted by Crippen LogP contribution is -2.27. The number of benzene rings is 1. The van der Waals surface area contributed by atoms with Gasteiger partial charge in [-0.15, -0.1) is 11.3 Å². The SMILES string of the molecule is COc1cccc(N)c1C(=O)N(C)Cc1ccc(Cl)s1. The molecule has 0 bridgehead atoms. The Hall–Kier alpha value is -1.72. The van der Waals surface area contributed by atoms with Gasteiger partial charge in [0.15, 0.2) is 0 Å². The Morgan fingerprint density at radius 3 is 2.75 bits per heavy atom. The number of thiophene rings is 1.